The van der Waals surface area contributed by atoms with E-state index in [2.05, 4.69) is 15.6 Å². The zero-order valence-corrected chi connectivity index (χ0v) is 15.3. The van der Waals surface area contributed by atoms with Gasteiger partial charge >= 0.3 is 0 Å². The van der Waals surface area contributed by atoms with Crippen molar-refractivity contribution in [3.8, 4) is 0 Å². The number of hydrogen-bond donors (Lipinski definition) is 2. The fourth-order valence-corrected chi connectivity index (χ4v) is 3.33. The highest BCUT2D eigenvalue weighted by molar-refractivity contribution is 6.29. The third-order valence-electron chi connectivity index (χ3n) is 4.64. The first-order chi connectivity index (χ1) is 12.6. The molecule has 0 aliphatic heterocycles. The molecule has 0 atom stereocenters. The number of anilines is 1. The van der Waals surface area contributed by atoms with Crippen molar-refractivity contribution in [1.82, 2.24) is 10.3 Å². The summed E-state index contributed by atoms with van der Waals surface area (Å²) in [6.45, 7) is 0.483. The van der Waals surface area contributed by atoms with Gasteiger partial charge in [0.25, 0.3) is 5.91 Å². The van der Waals surface area contributed by atoms with E-state index in [1.54, 1.807) is 24.3 Å². The lowest BCUT2D eigenvalue weighted by molar-refractivity contribution is -0.126. The van der Waals surface area contributed by atoms with E-state index in [0.717, 1.165) is 31.2 Å². The van der Waals surface area contributed by atoms with Gasteiger partial charge in [-0.2, -0.15) is 0 Å². The van der Waals surface area contributed by atoms with Crippen molar-refractivity contribution >= 4 is 29.1 Å². The minimum Gasteiger partial charge on any atom is -0.352 e. The summed E-state index contributed by atoms with van der Waals surface area (Å²) in [5, 5.41) is 6.11. The third kappa shape index (κ3) is 5.05. The molecule has 2 amide bonds. The summed E-state index contributed by atoms with van der Waals surface area (Å²) >= 11 is 5.81. The van der Waals surface area contributed by atoms with E-state index in [1.165, 1.54) is 12.6 Å². The number of nitrogens with zero attached hydrogens (tertiary/aromatic N) is 1. The van der Waals surface area contributed by atoms with Crippen LogP contribution in [0.5, 0.6) is 0 Å². The van der Waals surface area contributed by atoms with Crippen LogP contribution in [-0.2, 0) is 11.3 Å². The fourth-order valence-electron chi connectivity index (χ4n) is 3.16. The number of aromatic nitrogens is 1. The van der Waals surface area contributed by atoms with Crippen LogP contribution in [-0.4, -0.2) is 16.8 Å². The predicted molar refractivity (Wildman–Crippen MR) is 102 cm³/mol. The van der Waals surface area contributed by atoms with Crippen LogP contribution < -0.4 is 10.6 Å². The molecule has 1 heterocycles. The van der Waals surface area contributed by atoms with Crippen LogP contribution in [0.4, 0.5) is 5.69 Å². The van der Waals surface area contributed by atoms with Gasteiger partial charge in [-0.3, -0.25) is 9.59 Å². The highest BCUT2D eigenvalue weighted by Crippen LogP contribution is 2.23. The number of rotatable bonds is 5. The number of pyridine rings is 1. The normalized spacial score (nSPS) is 14.7. The lowest BCUT2D eigenvalue weighted by Crippen LogP contribution is -2.31. The molecule has 26 heavy (non-hydrogen) atoms. The van der Waals surface area contributed by atoms with Crippen LogP contribution in [0.15, 0.2) is 42.6 Å². The van der Waals surface area contributed by atoms with Gasteiger partial charge in [-0.1, -0.05) is 43.0 Å². The highest BCUT2D eigenvalue weighted by Gasteiger charge is 2.20. The summed E-state index contributed by atoms with van der Waals surface area (Å²) in [7, 11) is 0. The van der Waals surface area contributed by atoms with Gasteiger partial charge in [-0.05, 0) is 42.7 Å². The van der Waals surface area contributed by atoms with Gasteiger partial charge in [0, 0.05) is 29.9 Å². The van der Waals surface area contributed by atoms with E-state index >= 15 is 0 Å². The molecular formula is C20H22ClN3O2. The Morgan fingerprint density at radius 1 is 1.08 bits per heavy atom. The van der Waals surface area contributed by atoms with Crippen molar-refractivity contribution in [2.24, 2.45) is 5.92 Å². The predicted octanol–water partition coefficient (Wildman–Crippen LogP) is 4.18. The Bertz CT molecular complexity index is 771. The first kappa shape index (κ1) is 18.4. The van der Waals surface area contributed by atoms with Gasteiger partial charge in [0.05, 0.1) is 0 Å². The van der Waals surface area contributed by atoms with Gasteiger partial charge in [0.2, 0.25) is 5.91 Å². The number of amides is 2. The van der Waals surface area contributed by atoms with Crippen molar-refractivity contribution in [2.45, 2.75) is 38.6 Å². The molecule has 3 rings (SSSR count). The smallest absolute Gasteiger partial charge is 0.255 e. The molecule has 1 aromatic carbocycles. The average molecular weight is 372 g/mol. The van der Waals surface area contributed by atoms with Crippen LogP contribution in [0.2, 0.25) is 5.15 Å². The quantitative estimate of drug-likeness (QED) is 0.774. The Kier molecular flexibility index (Phi) is 6.23. The van der Waals surface area contributed by atoms with Gasteiger partial charge in [0.15, 0.2) is 0 Å². The van der Waals surface area contributed by atoms with Crippen molar-refractivity contribution in [2.75, 3.05) is 5.32 Å². The maximum Gasteiger partial charge on any atom is 0.255 e. The molecule has 0 unspecified atom stereocenters. The standard InChI is InChI=1S/C20H22ClN3O2/c21-18-12-17(10-11-22-18)24-20(26)16-8-6-14(7-9-16)13-23-19(25)15-4-2-1-3-5-15/h6-12,15H,1-5,13H2,(H,23,25)(H,22,24,26). The lowest BCUT2D eigenvalue weighted by atomic mass is 9.88. The van der Waals surface area contributed by atoms with Crippen LogP contribution in [0.3, 0.4) is 0 Å². The van der Waals surface area contributed by atoms with Crippen LogP contribution in [0.25, 0.3) is 0 Å². The second-order valence-corrected chi connectivity index (χ2v) is 6.96. The van der Waals surface area contributed by atoms with Crippen molar-refractivity contribution in [1.29, 1.82) is 0 Å². The maximum absolute atomic E-state index is 12.3. The molecule has 1 fully saturated rings. The van der Waals surface area contributed by atoms with Crippen LogP contribution >= 0.6 is 11.6 Å². The Labute approximate surface area is 158 Å². The van der Waals surface area contributed by atoms with Gasteiger partial charge in [0.1, 0.15) is 5.15 Å². The van der Waals surface area contributed by atoms with E-state index < -0.39 is 0 Å². The summed E-state index contributed by atoms with van der Waals surface area (Å²) in [5.74, 6) is 0.0760. The van der Waals surface area contributed by atoms with Gasteiger partial charge in [-0.25, -0.2) is 4.98 Å². The van der Waals surface area contributed by atoms with Crippen molar-refractivity contribution in [3.05, 3.63) is 58.9 Å². The lowest BCUT2D eigenvalue weighted by Gasteiger charge is -2.20. The van der Waals surface area contributed by atoms with Crippen molar-refractivity contribution in [3.63, 3.8) is 0 Å². The maximum atomic E-state index is 12.3. The fraction of sp³-hybridized carbons (Fsp3) is 0.350. The number of hydrogen-bond acceptors (Lipinski definition) is 3. The Morgan fingerprint density at radius 2 is 1.81 bits per heavy atom. The summed E-state index contributed by atoms with van der Waals surface area (Å²) in [6, 6.07) is 10.5. The summed E-state index contributed by atoms with van der Waals surface area (Å²) in [6.07, 6.45) is 7.04. The van der Waals surface area contributed by atoms with Crippen LogP contribution in [0.1, 0.15) is 48.0 Å². The molecule has 2 N–H and O–H groups in total. The monoisotopic (exact) mass is 371 g/mol. The van der Waals surface area contributed by atoms with E-state index in [1.807, 2.05) is 12.1 Å². The molecule has 136 valence electrons. The molecule has 2 aromatic rings. The molecule has 0 radical (unpaired) electrons. The minimum atomic E-state index is -0.218. The Hall–Kier alpha value is -2.40. The molecule has 0 saturated heterocycles. The molecule has 1 aliphatic carbocycles. The summed E-state index contributed by atoms with van der Waals surface area (Å²) in [4.78, 5) is 28.3. The van der Waals surface area contributed by atoms with Crippen LogP contribution in [0, 0.1) is 5.92 Å². The second-order valence-electron chi connectivity index (χ2n) is 6.57. The highest BCUT2D eigenvalue weighted by atomic mass is 35.5. The zero-order chi connectivity index (χ0) is 18.4. The molecule has 0 bridgehead atoms. The number of benzene rings is 1. The molecule has 5 nitrogen and oxygen atoms in total. The average Bonchev–Trinajstić information content (AvgIpc) is 2.67. The first-order valence-corrected chi connectivity index (χ1v) is 9.29. The molecule has 1 aliphatic rings. The molecule has 0 spiro atoms. The van der Waals surface area contributed by atoms with E-state index in [4.69, 9.17) is 11.6 Å². The Morgan fingerprint density at radius 3 is 2.50 bits per heavy atom. The van der Waals surface area contributed by atoms with Gasteiger partial charge in [-0.15, -0.1) is 0 Å². The zero-order valence-electron chi connectivity index (χ0n) is 14.5. The molecule has 1 aromatic heterocycles. The van der Waals surface area contributed by atoms with Crippen molar-refractivity contribution < 1.29 is 9.59 Å². The topological polar surface area (TPSA) is 71.1 Å². The summed E-state index contributed by atoms with van der Waals surface area (Å²) < 4.78 is 0. The number of carbonyl (C=O) groups excluding carboxylic acids is 2. The number of carbonyl (C=O) groups is 2. The van der Waals surface area contributed by atoms with E-state index in [-0.39, 0.29) is 17.7 Å². The molecule has 6 heteroatoms. The molecular weight excluding hydrogens is 350 g/mol. The second kappa shape index (κ2) is 8.81. The third-order valence-corrected chi connectivity index (χ3v) is 4.85. The Balaban J connectivity index is 1.52. The first-order valence-electron chi connectivity index (χ1n) is 8.91. The number of halogens is 1. The van der Waals surface area contributed by atoms with E-state index in [9.17, 15) is 9.59 Å². The van der Waals surface area contributed by atoms with E-state index in [0.29, 0.717) is 22.9 Å². The van der Waals surface area contributed by atoms with Gasteiger partial charge < -0.3 is 10.6 Å². The summed E-state index contributed by atoms with van der Waals surface area (Å²) in [5.41, 5.74) is 2.11. The minimum absolute atomic E-state index is 0.140. The largest absolute Gasteiger partial charge is 0.352 e. The molecule has 1 saturated carbocycles. The SMILES string of the molecule is O=C(Nc1ccnc(Cl)c1)c1ccc(CNC(=O)C2CCCCC2)cc1. The number of nitrogens with one attached hydrogen (secondary N) is 2.